The Balaban J connectivity index is 2.45. The van der Waals surface area contributed by atoms with Crippen LogP contribution in [0, 0.1) is 0 Å². The summed E-state index contributed by atoms with van der Waals surface area (Å²) < 4.78 is 4.96. The third-order valence-electron chi connectivity index (χ3n) is 2.09. The van der Waals surface area contributed by atoms with Crippen molar-refractivity contribution in [2.45, 2.75) is 12.9 Å². The zero-order valence-corrected chi connectivity index (χ0v) is 6.86. The van der Waals surface area contributed by atoms with Gasteiger partial charge < -0.3 is 15.6 Å². The predicted molar refractivity (Wildman–Crippen MR) is 44.7 cm³/mol. The number of benzene rings is 1. The van der Waals surface area contributed by atoms with Gasteiger partial charge in [0.2, 0.25) is 5.91 Å². The first-order valence-electron chi connectivity index (χ1n) is 3.91. The highest BCUT2D eigenvalue weighted by Crippen LogP contribution is 2.28. The Kier molecular flexibility index (Phi) is 1.79. The molecule has 1 atom stereocenters. The number of hydrogen-bond donors (Lipinski definition) is 2. The van der Waals surface area contributed by atoms with E-state index in [1.807, 2.05) is 0 Å². The van der Waals surface area contributed by atoms with Gasteiger partial charge >= 0.3 is 0 Å². The van der Waals surface area contributed by atoms with Crippen molar-refractivity contribution in [3.63, 3.8) is 0 Å². The standard InChI is InChI=1S/C9H9NO3/c10-8(11)5-1-2-7-6(3-5)4-13-9(7)12/h1-3,9,12H,4H2,(H2,10,11). The first-order chi connectivity index (χ1) is 6.18. The molecule has 1 aliphatic heterocycles. The van der Waals surface area contributed by atoms with Crippen LogP contribution in [0.3, 0.4) is 0 Å². The molecule has 0 spiro atoms. The minimum atomic E-state index is -0.864. The number of fused-ring (bicyclic) bond motifs is 1. The second-order valence-electron chi connectivity index (χ2n) is 2.94. The Morgan fingerprint density at radius 1 is 1.62 bits per heavy atom. The Morgan fingerprint density at radius 2 is 2.38 bits per heavy atom. The van der Waals surface area contributed by atoms with Gasteiger partial charge in [0.25, 0.3) is 0 Å². The summed E-state index contributed by atoms with van der Waals surface area (Å²) in [5.41, 5.74) is 7.08. The highest BCUT2D eigenvalue weighted by atomic mass is 16.6. The summed E-state index contributed by atoms with van der Waals surface area (Å²) in [5, 5.41) is 9.27. The fourth-order valence-corrected chi connectivity index (χ4v) is 1.38. The van der Waals surface area contributed by atoms with Crippen molar-refractivity contribution >= 4 is 5.91 Å². The zero-order valence-electron chi connectivity index (χ0n) is 6.86. The number of carbonyl (C=O) groups is 1. The number of carbonyl (C=O) groups excluding carboxylic acids is 1. The molecule has 0 saturated heterocycles. The molecule has 1 amide bonds. The summed E-state index contributed by atoms with van der Waals surface area (Å²) in [7, 11) is 0. The number of hydrogen-bond acceptors (Lipinski definition) is 3. The third kappa shape index (κ3) is 1.30. The number of ether oxygens (including phenoxy) is 1. The number of nitrogens with two attached hydrogens (primary N) is 1. The summed E-state index contributed by atoms with van der Waals surface area (Å²) in [5.74, 6) is -0.468. The van der Waals surface area contributed by atoms with Crippen LogP contribution in [0.4, 0.5) is 0 Å². The number of rotatable bonds is 1. The van der Waals surface area contributed by atoms with Crippen LogP contribution in [0.5, 0.6) is 0 Å². The smallest absolute Gasteiger partial charge is 0.248 e. The number of primary amides is 1. The first-order valence-corrected chi connectivity index (χ1v) is 3.91. The first kappa shape index (κ1) is 8.22. The van der Waals surface area contributed by atoms with Gasteiger partial charge in [0.05, 0.1) is 6.61 Å². The molecule has 1 aromatic rings. The molecule has 1 unspecified atom stereocenters. The van der Waals surface area contributed by atoms with Gasteiger partial charge in [-0.3, -0.25) is 4.79 Å². The second kappa shape index (κ2) is 2.83. The van der Waals surface area contributed by atoms with Crippen LogP contribution in [0.25, 0.3) is 0 Å². The minimum Gasteiger partial charge on any atom is -0.366 e. The van der Waals surface area contributed by atoms with E-state index in [1.54, 1.807) is 18.2 Å². The number of aliphatic hydroxyl groups excluding tert-OH is 1. The van der Waals surface area contributed by atoms with E-state index in [2.05, 4.69) is 0 Å². The van der Waals surface area contributed by atoms with Gasteiger partial charge in [-0.15, -0.1) is 0 Å². The van der Waals surface area contributed by atoms with E-state index in [9.17, 15) is 9.90 Å². The Morgan fingerprint density at radius 3 is 3.08 bits per heavy atom. The van der Waals surface area contributed by atoms with Crippen LogP contribution in [0.2, 0.25) is 0 Å². The Labute approximate surface area is 74.9 Å². The molecule has 0 bridgehead atoms. The zero-order chi connectivity index (χ0) is 9.42. The fourth-order valence-electron chi connectivity index (χ4n) is 1.38. The molecule has 0 saturated carbocycles. The second-order valence-corrected chi connectivity index (χ2v) is 2.94. The van der Waals surface area contributed by atoms with Crippen molar-refractivity contribution in [3.05, 3.63) is 34.9 Å². The van der Waals surface area contributed by atoms with E-state index in [4.69, 9.17) is 10.5 Å². The summed E-state index contributed by atoms with van der Waals surface area (Å²) in [6.07, 6.45) is -0.864. The molecule has 0 fully saturated rings. The monoisotopic (exact) mass is 179 g/mol. The molecule has 1 aromatic carbocycles. The van der Waals surface area contributed by atoms with Crippen LogP contribution < -0.4 is 5.73 Å². The van der Waals surface area contributed by atoms with Crippen molar-refractivity contribution in [2.75, 3.05) is 0 Å². The molecule has 3 N–H and O–H groups in total. The SMILES string of the molecule is NC(=O)c1ccc2c(c1)COC2O. The van der Waals surface area contributed by atoms with E-state index >= 15 is 0 Å². The van der Waals surface area contributed by atoms with Gasteiger partial charge in [-0.1, -0.05) is 6.07 Å². The highest BCUT2D eigenvalue weighted by molar-refractivity contribution is 5.93. The number of amides is 1. The van der Waals surface area contributed by atoms with E-state index in [0.29, 0.717) is 17.7 Å². The van der Waals surface area contributed by atoms with E-state index in [1.165, 1.54) is 0 Å². The summed E-state index contributed by atoms with van der Waals surface area (Å²) in [4.78, 5) is 10.8. The fraction of sp³-hybridized carbons (Fsp3) is 0.222. The van der Waals surface area contributed by atoms with Crippen LogP contribution in [0.15, 0.2) is 18.2 Å². The van der Waals surface area contributed by atoms with E-state index in [-0.39, 0.29) is 0 Å². The molecule has 0 aliphatic carbocycles. The maximum absolute atomic E-state index is 10.8. The van der Waals surface area contributed by atoms with Crippen LogP contribution in [0.1, 0.15) is 27.8 Å². The summed E-state index contributed by atoms with van der Waals surface area (Å²) >= 11 is 0. The van der Waals surface area contributed by atoms with Gasteiger partial charge in [-0.05, 0) is 17.7 Å². The lowest BCUT2D eigenvalue weighted by atomic mass is 10.1. The molecule has 4 nitrogen and oxygen atoms in total. The van der Waals surface area contributed by atoms with Gasteiger partial charge in [-0.2, -0.15) is 0 Å². The van der Waals surface area contributed by atoms with Crippen molar-refractivity contribution < 1.29 is 14.6 Å². The molecule has 68 valence electrons. The van der Waals surface area contributed by atoms with Crippen LogP contribution in [-0.2, 0) is 11.3 Å². The average Bonchev–Trinajstić information content (AvgIpc) is 2.47. The molecule has 4 heteroatoms. The lowest BCUT2D eigenvalue weighted by Gasteiger charge is -2.02. The molecule has 0 radical (unpaired) electrons. The predicted octanol–water partition coefficient (Wildman–Crippen LogP) is 0.307. The lowest BCUT2D eigenvalue weighted by molar-refractivity contribution is -0.0918. The van der Waals surface area contributed by atoms with Crippen molar-refractivity contribution in [1.82, 2.24) is 0 Å². The summed E-state index contributed by atoms with van der Waals surface area (Å²) in [6.45, 7) is 0.331. The van der Waals surface area contributed by atoms with Gasteiger partial charge in [-0.25, -0.2) is 0 Å². The molecule has 0 aromatic heterocycles. The van der Waals surface area contributed by atoms with Gasteiger partial charge in [0.1, 0.15) is 0 Å². The Bertz CT molecular complexity index is 362. The lowest BCUT2D eigenvalue weighted by Crippen LogP contribution is -2.11. The maximum atomic E-state index is 10.8. The quantitative estimate of drug-likeness (QED) is 0.651. The molecule has 1 heterocycles. The molecular weight excluding hydrogens is 170 g/mol. The van der Waals surface area contributed by atoms with E-state index < -0.39 is 12.2 Å². The largest absolute Gasteiger partial charge is 0.366 e. The third-order valence-corrected chi connectivity index (χ3v) is 2.09. The molecule has 2 rings (SSSR count). The average molecular weight is 179 g/mol. The van der Waals surface area contributed by atoms with Crippen molar-refractivity contribution in [2.24, 2.45) is 5.73 Å². The maximum Gasteiger partial charge on any atom is 0.248 e. The van der Waals surface area contributed by atoms with Crippen LogP contribution >= 0.6 is 0 Å². The van der Waals surface area contributed by atoms with Crippen molar-refractivity contribution in [1.29, 1.82) is 0 Å². The van der Waals surface area contributed by atoms with Gasteiger partial charge in [0, 0.05) is 11.1 Å². The van der Waals surface area contributed by atoms with E-state index in [0.717, 1.165) is 5.56 Å². The molecule has 1 aliphatic rings. The highest BCUT2D eigenvalue weighted by Gasteiger charge is 2.21. The number of aliphatic hydroxyl groups is 1. The molecule has 13 heavy (non-hydrogen) atoms. The topological polar surface area (TPSA) is 72.6 Å². The Hall–Kier alpha value is -1.39. The molecular formula is C9H9NO3. The van der Waals surface area contributed by atoms with Gasteiger partial charge in [0.15, 0.2) is 6.29 Å². The minimum absolute atomic E-state index is 0.331. The van der Waals surface area contributed by atoms with Crippen molar-refractivity contribution in [3.8, 4) is 0 Å². The normalized spacial score (nSPS) is 19.9. The summed E-state index contributed by atoms with van der Waals surface area (Å²) in [6, 6.07) is 4.89. The van der Waals surface area contributed by atoms with Crippen LogP contribution in [-0.4, -0.2) is 11.0 Å².